The first-order valence-electron chi connectivity index (χ1n) is 21.8. The number of methoxy groups -OCH3 is 4. The molecule has 0 unspecified atom stereocenters. The molecule has 318 valence electrons. The SMILES string of the molecule is COc1cc2c3cc(OC)c4cc(OC)c5ccc6ccc7ccccc7c6c5c4c3op(NC[C@@H](C)c3ccccc3)oc2c2c1cc(OC)c1ccc3ccc4ccccc4c3c12. The van der Waals surface area contributed by atoms with Crippen LogP contribution >= 0.6 is 8.16 Å². The molecule has 1 aromatic heterocycles. The monoisotopic (exact) mass is 869 g/mol. The van der Waals surface area contributed by atoms with Crippen LogP contribution in [0.1, 0.15) is 18.4 Å². The maximum Gasteiger partial charge on any atom is 0.306 e. The van der Waals surface area contributed by atoms with Crippen LogP contribution in [-0.2, 0) is 0 Å². The van der Waals surface area contributed by atoms with Gasteiger partial charge >= 0.3 is 8.16 Å². The highest BCUT2D eigenvalue weighted by atomic mass is 31.1. The summed E-state index contributed by atoms with van der Waals surface area (Å²) in [5.41, 5.74) is 2.60. The highest BCUT2D eigenvalue weighted by Crippen LogP contribution is 2.52. The zero-order chi connectivity index (χ0) is 43.9. The van der Waals surface area contributed by atoms with Gasteiger partial charge in [-0.2, -0.15) is 0 Å². The Balaban J connectivity index is 1.35. The summed E-state index contributed by atoms with van der Waals surface area (Å²) in [6.07, 6.45) is 0. The summed E-state index contributed by atoms with van der Waals surface area (Å²) in [4.78, 5) is 0. The van der Waals surface area contributed by atoms with E-state index in [4.69, 9.17) is 27.3 Å². The molecule has 1 N–H and O–H groups in total. The lowest BCUT2D eigenvalue weighted by atomic mass is 9.90. The topological polar surface area (TPSA) is 75.2 Å². The molecule has 0 aliphatic heterocycles. The summed E-state index contributed by atoms with van der Waals surface area (Å²) in [6.45, 7) is 2.83. The predicted molar refractivity (Wildman–Crippen MR) is 272 cm³/mol. The molecular weight excluding hydrogens is 826 g/mol. The minimum absolute atomic E-state index is 0.161. The quantitative estimate of drug-likeness (QED) is 0.152. The Hall–Kier alpha value is -7.44. The summed E-state index contributed by atoms with van der Waals surface area (Å²) in [5, 5.41) is 22.0. The van der Waals surface area contributed by atoms with Crippen molar-refractivity contribution in [2.75, 3.05) is 40.1 Å². The lowest BCUT2D eigenvalue weighted by Crippen LogP contribution is -2.07. The van der Waals surface area contributed by atoms with Gasteiger partial charge in [0.15, 0.2) is 11.2 Å². The van der Waals surface area contributed by atoms with Crippen LogP contribution < -0.4 is 24.0 Å². The molecule has 0 spiro atoms. The molecule has 8 heteroatoms. The molecule has 0 aliphatic carbocycles. The third kappa shape index (κ3) is 6.00. The second kappa shape index (κ2) is 15.4. The van der Waals surface area contributed by atoms with Gasteiger partial charge < -0.3 is 27.3 Å². The van der Waals surface area contributed by atoms with E-state index in [1.165, 1.54) is 5.56 Å². The summed E-state index contributed by atoms with van der Waals surface area (Å²) in [5.74, 6) is 3.01. The number of rotatable bonds is 8. The van der Waals surface area contributed by atoms with E-state index in [-0.39, 0.29) is 5.92 Å². The second-order valence-corrected chi connectivity index (χ2v) is 18.0. The summed E-state index contributed by atoms with van der Waals surface area (Å²) in [7, 11) is 5.05. The first-order chi connectivity index (χ1) is 32.0. The maximum atomic E-state index is 7.49. The van der Waals surface area contributed by atoms with Crippen molar-refractivity contribution in [3.63, 3.8) is 0 Å². The Morgan fingerprint density at radius 2 is 0.800 bits per heavy atom. The van der Waals surface area contributed by atoms with Crippen molar-refractivity contribution < 1.29 is 27.3 Å². The molecule has 1 atom stereocenters. The van der Waals surface area contributed by atoms with Crippen LogP contribution in [-0.4, -0.2) is 35.0 Å². The van der Waals surface area contributed by atoms with Gasteiger partial charge in [-0.15, -0.1) is 0 Å². The Bertz CT molecular complexity index is 3740. The fraction of sp³-hybridized carbons (Fsp3) is 0.123. The van der Waals surface area contributed by atoms with Crippen LogP contribution in [0.4, 0.5) is 0 Å². The third-order valence-corrected chi connectivity index (χ3v) is 14.5. The van der Waals surface area contributed by atoms with Crippen molar-refractivity contribution in [1.82, 2.24) is 0 Å². The fourth-order valence-corrected chi connectivity index (χ4v) is 11.6. The number of fused-ring (bicyclic) bond motifs is 19. The van der Waals surface area contributed by atoms with Crippen molar-refractivity contribution in [1.29, 1.82) is 0 Å². The number of ether oxygens (including phenoxy) is 4. The first kappa shape index (κ1) is 39.2. The van der Waals surface area contributed by atoms with Gasteiger partial charge in [-0.3, -0.25) is 0 Å². The highest BCUT2D eigenvalue weighted by molar-refractivity contribution is 7.38. The molecule has 12 rings (SSSR count). The van der Waals surface area contributed by atoms with Gasteiger partial charge in [-0.05, 0) is 91.0 Å². The van der Waals surface area contributed by atoms with Gasteiger partial charge in [0.05, 0.1) is 28.4 Å². The lowest BCUT2D eigenvalue weighted by molar-refractivity contribution is 0.415. The zero-order valence-corrected chi connectivity index (χ0v) is 37.5. The molecule has 0 amide bonds. The Kier molecular flexibility index (Phi) is 9.27. The van der Waals surface area contributed by atoms with Crippen molar-refractivity contribution in [3.8, 4) is 23.0 Å². The first-order valence-corrected chi connectivity index (χ1v) is 23.0. The average molecular weight is 870 g/mol. The van der Waals surface area contributed by atoms with E-state index in [0.717, 1.165) is 108 Å². The molecule has 0 aliphatic rings. The Morgan fingerprint density at radius 3 is 1.28 bits per heavy atom. The second-order valence-electron chi connectivity index (χ2n) is 16.8. The van der Waals surface area contributed by atoms with E-state index >= 15 is 0 Å². The average Bonchev–Trinajstić information content (AvgIpc) is 3.52. The van der Waals surface area contributed by atoms with Gasteiger partial charge in [0, 0.05) is 60.4 Å². The van der Waals surface area contributed by atoms with E-state index in [0.29, 0.717) is 29.2 Å². The molecule has 0 radical (unpaired) electrons. The molecule has 11 aromatic carbocycles. The maximum absolute atomic E-state index is 7.49. The Labute approximate surface area is 375 Å². The van der Waals surface area contributed by atoms with Gasteiger partial charge in [0.25, 0.3) is 0 Å². The Morgan fingerprint density at radius 1 is 0.400 bits per heavy atom. The molecule has 65 heavy (non-hydrogen) atoms. The largest absolute Gasteiger partial charge is 0.496 e. The number of hydrogen-bond acceptors (Lipinski definition) is 7. The lowest BCUT2D eigenvalue weighted by Gasteiger charge is -2.17. The van der Waals surface area contributed by atoms with Gasteiger partial charge in [0.1, 0.15) is 23.0 Å². The molecule has 0 saturated heterocycles. The van der Waals surface area contributed by atoms with Crippen LogP contribution in [0.2, 0.25) is 0 Å². The zero-order valence-electron chi connectivity index (χ0n) is 36.6. The molecule has 7 nitrogen and oxygen atoms in total. The molecule has 1 heterocycles. The van der Waals surface area contributed by atoms with Gasteiger partial charge in [-0.1, -0.05) is 122 Å². The van der Waals surface area contributed by atoms with Gasteiger partial charge in [0.2, 0.25) is 0 Å². The summed E-state index contributed by atoms with van der Waals surface area (Å²) < 4.78 is 40.2. The molecule has 0 bridgehead atoms. The van der Waals surface area contributed by atoms with Crippen molar-refractivity contribution >= 4 is 116 Å². The van der Waals surface area contributed by atoms with Crippen molar-refractivity contribution in [2.45, 2.75) is 12.8 Å². The smallest absolute Gasteiger partial charge is 0.306 e. The highest BCUT2D eigenvalue weighted by Gasteiger charge is 2.25. The van der Waals surface area contributed by atoms with Crippen LogP contribution in [0, 0.1) is 0 Å². The van der Waals surface area contributed by atoms with Crippen LogP contribution in [0.25, 0.3) is 108 Å². The minimum atomic E-state index is -1.85. The minimum Gasteiger partial charge on any atom is -0.496 e. The summed E-state index contributed by atoms with van der Waals surface area (Å²) >= 11 is 0. The summed E-state index contributed by atoms with van der Waals surface area (Å²) in [6, 6.07) is 53.5. The van der Waals surface area contributed by atoms with E-state index < -0.39 is 8.16 Å². The number of hydrogen-bond donors (Lipinski definition) is 1. The number of nitrogens with one attached hydrogen (secondary N) is 1. The van der Waals surface area contributed by atoms with Gasteiger partial charge in [-0.25, -0.2) is 5.09 Å². The fourth-order valence-electron chi connectivity index (χ4n) is 10.3. The van der Waals surface area contributed by atoms with Crippen LogP contribution in [0.3, 0.4) is 0 Å². The normalized spacial score (nSPS) is 12.4. The van der Waals surface area contributed by atoms with E-state index in [1.54, 1.807) is 28.4 Å². The third-order valence-electron chi connectivity index (χ3n) is 13.4. The van der Waals surface area contributed by atoms with E-state index in [9.17, 15) is 0 Å². The predicted octanol–water partition coefficient (Wildman–Crippen LogP) is 15.9. The molecule has 0 fully saturated rings. The van der Waals surface area contributed by atoms with E-state index in [1.807, 2.05) is 0 Å². The van der Waals surface area contributed by atoms with Crippen molar-refractivity contribution in [3.05, 3.63) is 157 Å². The van der Waals surface area contributed by atoms with E-state index in [2.05, 4.69) is 164 Å². The standard InChI is InChI=1S/C57H44NO6P/c1-32(33-13-7-6-8-14-33)31-58-65-63-56-42(27-48(61-4)44-29-46(59-2)40-25-23-36-21-19-34-15-9-11-17-38(34)50(36)52(40)54(44)56)43-28-49(62-5)45-30-47(60-3)41-26-24-37-22-20-35-16-10-12-18-39(35)51(37)53(41)55(45)57(43)64-65/h6-30,32,58H,31H2,1-5H3/t32-/m1/s1. The molecule has 12 aromatic rings. The van der Waals surface area contributed by atoms with Crippen LogP contribution in [0.5, 0.6) is 23.0 Å². The van der Waals surface area contributed by atoms with Crippen molar-refractivity contribution in [2.24, 2.45) is 0 Å². The number of benzene rings is 11. The molecular formula is C57H44NO6P. The van der Waals surface area contributed by atoms with Crippen LogP contribution in [0.15, 0.2) is 160 Å². The molecule has 0 saturated carbocycles.